The molecule has 1 aliphatic rings. The number of benzene rings is 2. The molecule has 0 aliphatic heterocycles. The van der Waals surface area contributed by atoms with Gasteiger partial charge in [0.1, 0.15) is 0 Å². The Morgan fingerprint density at radius 1 is 0.875 bits per heavy atom. The van der Waals surface area contributed by atoms with E-state index in [0.717, 1.165) is 28.4 Å². The topological polar surface area (TPSA) is 101 Å². The van der Waals surface area contributed by atoms with E-state index in [2.05, 4.69) is 20.0 Å². The van der Waals surface area contributed by atoms with Crippen LogP contribution in [-0.4, -0.2) is 24.3 Å². The van der Waals surface area contributed by atoms with Gasteiger partial charge in [-0.3, -0.25) is 19.5 Å². The average molecular weight is 445 g/mol. The predicted molar refractivity (Wildman–Crippen MR) is 123 cm³/mol. The third kappa shape index (κ3) is 4.17. The highest BCUT2D eigenvalue weighted by Crippen LogP contribution is 2.48. The maximum atomic E-state index is 12.7. The number of hydrogen-bond acceptors (Lipinski definition) is 5. The summed E-state index contributed by atoms with van der Waals surface area (Å²) in [5.41, 5.74) is 2.11. The molecule has 1 aliphatic carbocycles. The van der Waals surface area contributed by atoms with Gasteiger partial charge in [-0.2, -0.15) is 0 Å². The Morgan fingerprint density at radius 2 is 1.69 bits per heavy atom. The molecule has 2 N–H and O–H groups in total. The van der Waals surface area contributed by atoms with Crippen LogP contribution in [0.25, 0.3) is 10.8 Å². The summed E-state index contributed by atoms with van der Waals surface area (Å²) in [6, 6.07) is 17.6. The van der Waals surface area contributed by atoms with Crippen molar-refractivity contribution in [2.24, 2.45) is 5.92 Å². The fourth-order valence-electron chi connectivity index (χ4n) is 3.78. The summed E-state index contributed by atoms with van der Waals surface area (Å²) in [6.45, 7) is 0. The minimum absolute atomic E-state index is 0.0293. The van der Waals surface area contributed by atoms with Gasteiger partial charge in [-0.1, -0.05) is 18.2 Å². The number of pyridine rings is 2. The van der Waals surface area contributed by atoms with E-state index in [4.69, 9.17) is 0 Å². The molecular formula is C24H20N4O3S. The second-order valence-corrected chi connectivity index (χ2v) is 9.47. The Kier molecular flexibility index (Phi) is 5.07. The fraction of sp³-hybridized carbons (Fsp3) is 0.125. The Balaban J connectivity index is 1.24. The van der Waals surface area contributed by atoms with Gasteiger partial charge in [0.05, 0.1) is 16.8 Å². The lowest BCUT2D eigenvalue weighted by Gasteiger charge is -2.09. The number of aromatic nitrogens is 2. The summed E-state index contributed by atoms with van der Waals surface area (Å²) < 4.78 is 27.6. The molecule has 0 bridgehead atoms. The van der Waals surface area contributed by atoms with E-state index < -0.39 is 10.0 Å². The van der Waals surface area contributed by atoms with E-state index in [1.807, 2.05) is 24.3 Å². The summed E-state index contributed by atoms with van der Waals surface area (Å²) in [4.78, 5) is 20.9. The van der Waals surface area contributed by atoms with Crippen molar-refractivity contribution in [1.82, 2.24) is 9.97 Å². The van der Waals surface area contributed by atoms with E-state index in [-0.39, 0.29) is 22.6 Å². The van der Waals surface area contributed by atoms with Gasteiger partial charge in [0.15, 0.2) is 0 Å². The molecule has 2 aromatic carbocycles. The first-order valence-electron chi connectivity index (χ1n) is 10.2. The molecule has 8 heteroatoms. The zero-order valence-electron chi connectivity index (χ0n) is 17.0. The zero-order valence-corrected chi connectivity index (χ0v) is 17.8. The molecule has 1 unspecified atom stereocenters. The Bertz CT molecular complexity index is 1390. The summed E-state index contributed by atoms with van der Waals surface area (Å²) in [6.07, 6.45) is 7.27. The molecule has 2 atom stereocenters. The van der Waals surface area contributed by atoms with E-state index in [1.54, 1.807) is 55.0 Å². The largest absolute Gasteiger partial charge is 0.326 e. The van der Waals surface area contributed by atoms with Crippen LogP contribution < -0.4 is 10.0 Å². The predicted octanol–water partition coefficient (Wildman–Crippen LogP) is 4.17. The highest BCUT2D eigenvalue weighted by molar-refractivity contribution is 7.92. The second kappa shape index (κ2) is 8.05. The van der Waals surface area contributed by atoms with Gasteiger partial charge in [0.25, 0.3) is 10.0 Å². The number of carbonyl (C=O) groups is 1. The van der Waals surface area contributed by atoms with Crippen molar-refractivity contribution in [3.05, 3.63) is 91.0 Å². The first-order chi connectivity index (χ1) is 15.5. The van der Waals surface area contributed by atoms with Crippen LogP contribution in [0, 0.1) is 5.92 Å². The molecule has 0 radical (unpaired) electrons. The van der Waals surface area contributed by atoms with E-state index in [9.17, 15) is 13.2 Å². The molecule has 32 heavy (non-hydrogen) atoms. The molecule has 0 spiro atoms. The van der Waals surface area contributed by atoms with Crippen LogP contribution in [-0.2, 0) is 14.8 Å². The molecule has 1 fully saturated rings. The maximum Gasteiger partial charge on any atom is 0.261 e. The van der Waals surface area contributed by atoms with Crippen LogP contribution in [0.3, 0.4) is 0 Å². The van der Waals surface area contributed by atoms with Crippen molar-refractivity contribution >= 4 is 38.1 Å². The van der Waals surface area contributed by atoms with E-state index in [0.29, 0.717) is 5.69 Å². The molecule has 1 amide bonds. The second-order valence-electron chi connectivity index (χ2n) is 7.79. The van der Waals surface area contributed by atoms with Gasteiger partial charge in [-0.25, -0.2) is 8.42 Å². The number of rotatable bonds is 6. The maximum absolute atomic E-state index is 12.7. The third-order valence-corrected chi connectivity index (χ3v) is 6.96. The normalized spacial score (nSPS) is 17.6. The summed E-state index contributed by atoms with van der Waals surface area (Å²) in [5, 5.41) is 5.02. The number of amides is 1. The van der Waals surface area contributed by atoms with Crippen molar-refractivity contribution in [2.75, 3.05) is 10.0 Å². The van der Waals surface area contributed by atoms with Gasteiger partial charge >= 0.3 is 0 Å². The first-order valence-corrected chi connectivity index (χ1v) is 11.7. The van der Waals surface area contributed by atoms with Crippen LogP contribution in [0.1, 0.15) is 17.9 Å². The summed E-state index contributed by atoms with van der Waals surface area (Å²) in [7, 11) is -3.70. The molecule has 4 aromatic rings. The van der Waals surface area contributed by atoms with Crippen LogP contribution in [0.15, 0.2) is 90.3 Å². The Hall–Kier alpha value is -3.78. The third-order valence-electron chi connectivity index (χ3n) is 5.57. The number of sulfonamides is 1. The summed E-state index contributed by atoms with van der Waals surface area (Å²) in [5.74, 6) is -0.0693. The molecule has 160 valence electrons. The van der Waals surface area contributed by atoms with Gasteiger partial charge in [-0.05, 0) is 65.8 Å². The number of nitrogens with one attached hydrogen (secondary N) is 2. The lowest BCUT2D eigenvalue weighted by atomic mass is 10.1. The van der Waals surface area contributed by atoms with Crippen LogP contribution in [0.4, 0.5) is 11.4 Å². The van der Waals surface area contributed by atoms with E-state index >= 15 is 0 Å². The molecule has 0 saturated heterocycles. The molecule has 7 nitrogen and oxygen atoms in total. The number of hydrogen-bond donors (Lipinski definition) is 2. The standard InChI is InChI=1S/C24H20N4O3S/c29-24(27-19-6-3-18-14-26-11-9-17(18)12-19)23-13-22(23)16-4-7-21(8-5-16)32(30,31)28-20-2-1-10-25-15-20/h1-12,14-15,22-23,28H,13H2,(H,27,29)/t22?,23-/m1/s1. The smallest absolute Gasteiger partial charge is 0.261 e. The van der Waals surface area contributed by atoms with Gasteiger partial charge in [0, 0.05) is 35.6 Å². The Labute approximate surface area is 185 Å². The minimum Gasteiger partial charge on any atom is -0.326 e. The molecular weight excluding hydrogens is 424 g/mol. The zero-order chi connectivity index (χ0) is 22.1. The van der Waals surface area contributed by atoms with Crippen LogP contribution >= 0.6 is 0 Å². The lowest BCUT2D eigenvalue weighted by Crippen LogP contribution is -2.14. The van der Waals surface area contributed by atoms with Crippen molar-refractivity contribution in [3.63, 3.8) is 0 Å². The number of anilines is 2. The fourth-order valence-corrected chi connectivity index (χ4v) is 4.82. The highest BCUT2D eigenvalue weighted by atomic mass is 32.2. The molecule has 2 heterocycles. The Morgan fingerprint density at radius 3 is 2.47 bits per heavy atom. The quantitative estimate of drug-likeness (QED) is 0.465. The van der Waals surface area contributed by atoms with E-state index in [1.165, 1.54) is 6.20 Å². The lowest BCUT2D eigenvalue weighted by molar-refractivity contribution is -0.117. The van der Waals surface area contributed by atoms with Gasteiger partial charge in [0.2, 0.25) is 5.91 Å². The van der Waals surface area contributed by atoms with Crippen molar-refractivity contribution in [3.8, 4) is 0 Å². The number of nitrogens with zero attached hydrogens (tertiary/aromatic N) is 2. The molecule has 2 aromatic heterocycles. The number of fused-ring (bicyclic) bond motifs is 1. The van der Waals surface area contributed by atoms with Gasteiger partial charge < -0.3 is 5.32 Å². The average Bonchev–Trinajstić information content (AvgIpc) is 3.61. The summed E-state index contributed by atoms with van der Waals surface area (Å²) >= 11 is 0. The van der Waals surface area contributed by atoms with Gasteiger partial charge in [-0.15, -0.1) is 0 Å². The van der Waals surface area contributed by atoms with Crippen molar-refractivity contribution < 1.29 is 13.2 Å². The number of carbonyl (C=O) groups excluding carboxylic acids is 1. The first kappa shape index (κ1) is 20.1. The highest BCUT2D eigenvalue weighted by Gasteiger charge is 2.44. The van der Waals surface area contributed by atoms with Crippen LogP contribution in [0.5, 0.6) is 0 Å². The SMILES string of the molecule is O=C(Nc1ccc2cnccc2c1)[C@@H]1CC1c1ccc(S(=O)(=O)Nc2cccnc2)cc1. The van der Waals surface area contributed by atoms with Crippen molar-refractivity contribution in [2.45, 2.75) is 17.2 Å². The van der Waals surface area contributed by atoms with Crippen LogP contribution in [0.2, 0.25) is 0 Å². The monoisotopic (exact) mass is 444 g/mol. The minimum atomic E-state index is -3.70. The molecule has 5 rings (SSSR count). The molecule has 1 saturated carbocycles. The van der Waals surface area contributed by atoms with Crippen molar-refractivity contribution in [1.29, 1.82) is 0 Å².